The van der Waals surface area contributed by atoms with Crippen LogP contribution in [-0.2, 0) is 0 Å². The molecule has 0 fully saturated rings. The molecule has 0 radical (unpaired) electrons. The minimum Gasteiger partial charge on any atom is -0.487 e. The van der Waals surface area contributed by atoms with Crippen LogP contribution in [0.1, 0.15) is 18.5 Å². The van der Waals surface area contributed by atoms with E-state index < -0.39 is 0 Å². The second-order valence-corrected chi connectivity index (χ2v) is 3.80. The van der Waals surface area contributed by atoms with Gasteiger partial charge in [-0.1, -0.05) is 11.6 Å². The van der Waals surface area contributed by atoms with Crippen LogP contribution in [0, 0.1) is 5.82 Å². The highest BCUT2D eigenvalue weighted by molar-refractivity contribution is 6.32. The van der Waals surface area contributed by atoms with Crippen LogP contribution in [-0.4, -0.2) is 13.2 Å². The third-order valence-corrected chi connectivity index (χ3v) is 2.74. The van der Waals surface area contributed by atoms with E-state index in [2.05, 4.69) is 5.32 Å². The molecular weight excluding hydrogens is 205 g/mol. The first-order chi connectivity index (χ1) is 6.63. The average molecular weight is 216 g/mol. The van der Waals surface area contributed by atoms with Gasteiger partial charge in [0.25, 0.3) is 0 Å². The molecular formula is C10H11ClFNO. The van der Waals surface area contributed by atoms with Gasteiger partial charge in [-0.3, -0.25) is 0 Å². The molecule has 1 aliphatic rings. The van der Waals surface area contributed by atoms with Gasteiger partial charge < -0.3 is 10.1 Å². The SMILES string of the molecule is CNC1c2cc(F)cc(Cl)c2OC1C. The summed E-state index contributed by atoms with van der Waals surface area (Å²) in [5, 5.41) is 3.41. The summed E-state index contributed by atoms with van der Waals surface area (Å²) in [5.41, 5.74) is 0.796. The fourth-order valence-corrected chi connectivity index (χ4v) is 2.09. The molecule has 2 atom stereocenters. The van der Waals surface area contributed by atoms with Gasteiger partial charge in [-0.2, -0.15) is 0 Å². The Labute approximate surface area is 87.0 Å². The Morgan fingerprint density at radius 1 is 1.50 bits per heavy atom. The third kappa shape index (κ3) is 1.37. The second kappa shape index (κ2) is 3.41. The van der Waals surface area contributed by atoms with E-state index >= 15 is 0 Å². The normalized spacial score (nSPS) is 24.6. The lowest BCUT2D eigenvalue weighted by atomic mass is 10.0. The van der Waals surface area contributed by atoms with Crippen molar-refractivity contribution in [2.24, 2.45) is 0 Å². The highest BCUT2D eigenvalue weighted by Crippen LogP contribution is 2.41. The average Bonchev–Trinajstić information content (AvgIpc) is 2.41. The lowest BCUT2D eigenvalue weighted by molar-refractivity contribution is 0.214. The number of likely N-dealkylation sites (N-methyl/N-ethyl adjacent to an activating group) is 1. The first-order valence-corrected chi connectivity index (χ1v) is 4.84. The van der Waals surface area contributed by atoms with Crippen molar-refractivity contribution in [2.75, 3.05) is 7.05 Å². The molecule has 1 heterocycles. The number of hydrogen-bond acceptors (Lipinski definition) is 2. The summed E-state index contributed by atoms with van der Waals surface area (Å²) < 4.78 is 18.6. The molecule has 0 aromatic heterocycles. The highest BCUT2D eigenvalue weighted by atomic mass is 35.5. The molecule has 2 rings (SSSR count). The summed E-state index contributed by atoms with van der Waals surface area (Å²) in [6, 6.07) is 2.75. The molecule has 4 heteroatoms. The van der Waals surface area contributed by atoms with Crippen molar-refractivity contribution in [3.8, 4) is 5.75 Å². The minimum atomic E-state index is -0.327. The summed E-state index contributed by atoms with van der Waals surface area (Å²) in [5.74, 6) is 0.270. The number of halogens is 2. The van der Waals surface area contributed by atoms with Gasteiger partial charge in [-0.25, -0.2) is 4.39 Å². The number of hydrogen-bond donors (Lipinski definition) is 1. The van der Waals surface area contributed by atoms with Gasteiger partial charge in [0.15, 0.2) is 0 Å². The van der Waals surface area contributed by atoms with Gasteiger partial charge >= 0.3 is 0 Å². The molecule has 1 aliphatic heterocycles. The predicted molar refractivity (Wildman–Crippen MR) is 53.3 cm³/mol. The summed E-state index contributed by atoms with van der Waals surface area (Å²) in [4.78, 5) is 0. The number of nitrogens with one attached hydrogen (secondary N) is 1. The monoisotopic (exact) mass is 215 g/mol. The topological polar surface area (TPSA) is 21.3 Å². The van der Waals surface area contributed by atoms with E-state index in [0.717, 1.165) is 5.56 Å². The van der Waals surface area contributed by atoms with Gasteiger partial charge in [0.2, 0.25) is 0 Å². The zero-order chi connectivity index (χ0) is 10.3. The number of ether oxygens (including phenoxy) is 1. The van der Waals surface area contributed by atoms with E-state index in [1.807, 2.05) is 14.0 Å². The molecule has 0 bridgehead atoms. The molecule has 1 aromatic carbocycles. The number of fused-ring (bicyclic) bond motifs is 1. The third-order valence-electron chi connectivity index (χ3n) is 2.46. The molecule has 14 heavy (non-hydrogen) atoms. The number of benzene rings is 1. The number of rotatable bonds is 1. The van der Waals surface area contributed by atoms with Gasteiger partial charge in [-0.15, -0.1) is 0 Å². The second-order valence-electron chi connectivity index (χ2n) is 3.40. The quantitative estimate of drug-likeness (QED) is 0.777. The molecule has 2 nitrogen and oxygen atoms in total. The molecule has 0 amide bonds. The lowest BCUT2D eigenvalue weighted by Crippen LogP contribution is -2.25. The first kappa shape index (κ1) is 9.74. The van der Waals surface area contributed by atoms with E-state index in [-0.39, 0.29) is 18.0 Å². The molecule has 1 aromatic rings. The van der Waals surface area contributed by atoms with Crippen LogP contribution in [0.3, 0.4) is 0 Å². The molecule has 0 saturated carbocycles. The van der Waals surface area contributed by atoms with E-state index in [1.54, 1.807) is 0 Å². The van der Waals surface area contributed by atoms with Gasteiger partial charge in [0.05, 0.1) is 11.1 Å². The minimum absolute atomic E-state index is 0.0122. The molecule has 76 valence electrons. The summed E-state index contributed by atoms with van der Waals surface area (Å²) >= 11 is 5.87. The van der Waals surface area contributed by atoms with Crippen molar-refractivity contribution in [3.63, 3.8) is 0 Å². The maximum Gasteiger partial charge on any atom is 0.143 e. The maximum atomic E-state index is 13.1. The van der Waals surface area contributed by atoms with E-state index in [4.69, 9.17) is 16.3 Å². The molecule has 2 unspecified atom stereocenters. The van der Waals surface area contributed by atoms with Crippen molar-refractivity contribution in [3.05, 3.63) is 28.5 Å². The Kier molecular flexibility index (Phi) is 2.37. The zero-order valence-corrected chi connectivity index (χ0v) is 8.73. The summed E-state index contributed by atoms with van der Waals surface area (Å²) in [6.45, 7) is 1.93. The van der Waals surface area contributed by atoms with Crippen LogP contribution in [0.25, 0.3) is 0 Å². The van der Waals surface area contributed by atoms with Crippen molar-refractivity contribution in [2.45, 2.75) is 19.1 Å². The van der Waals surface area contributed by atoms with Crippen LogP contribution in [0.15, 0.2) is 12.1 Å². The summed E-state index contributed by atoms with van der Waals surface area (Å²) in [6.07, 6.45) is -0.0192. The fourth-order valence-electron chi connectivity index (χ4n) is 1.83. The predicted octanol–water partition coefficient (Wildman–Crippen LogP) is 2.52. The van der Waals surface area contributed by atoms with E-state index in [1.165, 1.54) is 12.1 Å². The standard InChI is InChI=1S/C10H11ClFNO/c1-5-9(13-2)7-3-6(12)4-8(11)10(7)14-5/h3-5,9,13H,1-2H3. The Morgan fingerprint density at radius 2 is 2.21 bits per heavy atom. The van der Waals surface area contributed by atoms with Crippen molar-refractivity contribution in [1.82, 2.24) is 5.32 Å². The largest absolute Gasteiger partial charge is 0.487 e. The zero-order valence-electron chi connectivity index (χ0n) is 7.97. The van der Waals surface area contributed by atoms with Crippen LogP contribution in [0.5, 0.6) is 5.75 Å². The highest BCUT2D eigenvalue weighted by Gasteiger charge is 2.32. The Bertz CT molecular complexity index is 369. The van der Waals surface area contributed by atoms with Crippen LogP contribution < -0.4 is 10.1 Å². The van der Waals surface area contributed by atoms with Crippen molar-refractivity contribution >= 4 is 11.6 Å². The maximum absolute atomic E-state index is 13.1. The van der Waals surface area contributed by atoms with Gasteiger partial charge in [0.1, 0.15) is 17.7 Å². The molecule has 1 N–H and O–H groups in total. The van der Waals surface area contributed by atoms with Crippen molar-refractivity contribution < 1.29 is 9.13 Å². The first-order valence-electron chi connectivity index (χ1n) is 4.46. The Hall–Kier alpha value is -0.800. The van der Waals surface area contributed by atoms with Crippen LogP contribution in [0.4, 0.5) is 4.39 Å². The Morgan fingerprint density at radius 3 is 2.86 bits per heavy atom. The summed E-state index contributed by atoms with van der Waals surface area (Å²) in [7, 11) is 1.82. The smallest absolute Gasteiger partial charge is 0.143 e. The Balaban J connectivity index is 2.53. The lowest BCUT2D eigenvalue weighted by Gasteiger charge is -2.12. The van der Waals surface area contributed by atoms with Crippen LogP contribution in [0.2, 0.25) is 5.02 Å². The van der Waals surface area contributed by atoms with E-state index in [0.29, 0.717) is 10.8 Å². The van der Waals surface area contributed by atoms with Gasteiger partial charge in [0, 0.05) is 5.56 Å². The molecule has 0 aliphatic carbocycles. The van der Waals surface area contributed by atoms with E-state index in [9.17, 15) is 4.39 Å². The van der Waals surface area contributed by atoms with Gasteiger partial charge in [-0.05, 0) is 26.1 Å². The molecule has 0 saturated heterocycles. The molecule has 0 spiro atoms. The fraction of sp³-hybridized carbons (Fsp3) is 0.400. The van der Waals surface area contributed by atoms with Crippen LogP contribution >= 0.6 is 11.6 Å². The van der Waals surface area contributed by atoms with Crippen molar-refractivity contribution in [1.29, 1.82) is 0 Å².